The zero-order valence-electron chi connectivity index (χ0n) is 19.0. The quantitative estimate of drug-likeness (QED) is 0.546. The molecule has 1 aliphatic carbocycles. The first-order valence-corrected chi connectivity index (χ1v) is 11.5. The lowest BCUT2D eigenvalue weighted by molar-refractivity contribution is -0.208. The minimum absolute atomic E-state index is 0.0620. The Morgan fingerprint density at radius 3 is 2.55 bits per heavy atom. The van der Waals surface area contributed by atoms with Crippen LogP contribution in [0, 0.1) is 5.92 Å². The number of carbonyl (C=O) groups excluding carboxylic acids is 2. The number of piperidine rings is 1. The van der Waals surface area contributed by atoms with E-state index < -0.39 is 24.3 Å². The second-order valence-corrected chi connectivity index (χ2v) is 8.62. The summed E-state index contributed by atoms with van der Waals surface area (Å²) < 4.78 is 43.4. The first-order chi connectivity index (χ1) is 15.7. The molecule has 2 N–H and O–H groups in total. The lowest BCUT2D eigenvalue weighted by Gasteiger charge is -2.38. The molecule has 6 nitrogen and oxygen atoms in total. The molecular weight excluding hydrogens is 435 g/mol. The predicted octanol–water partition coefficient (Wildman–Crippen LogP) is 3.14. The van der Waals surface area contributed by atoms with E-state index in [0.29, 0.717) is 25.4 Å². The molecule has 0 spiro atoms. The van der Waals surface area contributed by atoms with Gasteiger partial charge in [-0.1, -0.05) is 48.9 Å². The van der Waals surface area contributed by atoms with Gasteiger partial charge in [-0.15, -0.1) is 0 Å². The molecule has 1 aromatic rings. The van der Waals surface area contributed by atoms with Gasteiger partial charge in [0.15, 0.2) is 0 Å². The van der Waals surface area contributed by atoms with Crippen molar-refractivity contribution in [2.45, 2.75) is 57.5 Å². The van der Waals surface area contributed by atoms with Crippen LogP contribution in [0.5, 0.6) is 0 Å². The number of alkyl halides is 3. The van der Waals surface area contributed by atoms with Gasteiger partial charge in [-0.05, 0) is 37.7 Å². The van der Waals surface area contributed by atoms with E-state index in [1.54, 1.807) is 11.8 Å². The molecule has 0 aromatic heterocycles. The van der Waals surface area contributed by atoms with Crippen molar-refractivity contribution in [3.8, 4) is 0 Å². The van der Waals surface area contributed by atoms with Gasteiger partial charge in [0.25, 0.3) is 0 Å². The molecule has 3 rings (SSSR count). The van der Waals surface area contributed by atoms with Crippen LogP contribution < -0.4 is 10.6 Å². The maximum atomic E-state index is 12.9. The van der Waals surface area contributed by atoms with E-state index in [1.165, 1.54) is 5.57 Å². The monoisotopic (exact) mass is 467 g/mol. The number of hydrogen-bond donors (Lipinski definition) is 2. The molecule has 1 aromatic carbocycles. The zero-order valence-corrected chi connectivity index (χ0v) is 19.0. The number of esters is 1. The van der Waals surface area contributed by atoms with Crippen molar-refractivity contribution in [2.75, 3.05) is 26.2 Å². The van der Waals surface area contributed by atoms with E-state index in [-0.39, 0.29) is 25.0 Å². The standard InChI is InChI=1S/C24H32F3N3O3/c1-3-17(12-16-8-6-5-7-9-16)18-13-20(18)29-19-10-11-30(15-22(31)28-4-2)14-21(19)33-23(32)24(25,26)27/h5-9,12,18-21,29H,3-4,10-11,13-15H2,1-2H3,(H,28,31)/b17-12+/t18-,19?,20+,21?/m0/s1. The number of likely N-dealkylation sites (N-methyl/N-ethyl adjacent to an activating group) is 1. The Morgan fingerprint density at radius 1 is 1.18 bits per heavy atom. The van der Waals surface area contributed by atoms with E-state index in [9.17, 15) is 22.8 Å². The average molecular weight is 468 g/mol. The third kappa shape index (κ3) is 7.30. The van der Waals surface area contributed by atoms with Gasteiger partial charge in [0.2, 0.25) is 5.91 Å². The number of benzene rings is 1. The number of ether oxygens (including phenoxy) is 1. The molecular formula is C24H32F3N3O3. The van der Waals surface area contributed by atoms with Crippen LogP contribution in [0.3, 0.4) is 0 Å². The van der Waals surface area contributed by atoms with Crippen LogP contribution in [0.2, 0.25) is 0 Å². The van der Waals surface area contributed by atoms with Crippen molar-refractivity contribution in [3.05, 3.63) is 41.5 Å². The molecule has 2 aliphatic rings. The predicted molar refractivity (Wildman–Crippen MR) is 119 cm³/mol. The van der Waals surface area contributed by atoms with E-state index in [4.69, 9.17) is 4.74 Å². The summed E-state index contributed by atoms with van der Waals surface area (Å²) in [6.07, 6.45) is -1.60. The molecule has 4 atom stereocenters. The Labute approximate surface area is 192 Å². The third-order valence-corrected chi connectivity index (χ3v) is 6.13. The lowest BCUT2D eigenvalue weighted by atomic mass is 10.00. The molecule has 1 saturated heterocycles. The summed E-state index contributed by atoms with van der Waals surface area (Å²) >= 11 is 0. The Hall–Kier alpha value is -2.39. The Kier molecular flexibility index (Phi) is 8.53. The van der Waals surface area contributed by atoms with Gasteiger partial charge < -0.3 is 15.4 Å². The fourth-order valence-electron chi connectivity index (χ4n) is 4.39. The van der Waals surface area contributed by atoms with Crippen molar-refractivity contribution in [1.82, 2.24) is 15.5 Å². The first kappa shape index (κ1) is 25.2. The molecule has 1 heterocycles. The SMILES string of the molecule is CCNC(=O)CN1CCC(N[C@@H]2C[C@H]2/C(=C/c2ccccc2)CC)C(OC(=O)C(F)(F)F)C1. The third-order valence-electron chi connectivity index (χ3n) is 6.13. The summed E-state index contributed by atoms with van der Waals surface area (Å²) in [7, 11) is 0. The second kappa shape index (κ2) is 11.2. The number of halogens is 3. The zero-order chi connectivity index (χ0) is 24.0. The van der Waals surface area contributed by atoms with E-state index in [0.717, 1.165) is 18.4 Å². The molecule has 182 valence electrons. The lowest BCUT2D eigenvalue weighted by Crippen LogP contribution is -2.57. The van der Waals surface area contributed by atoms with E-state index >= 15 is 0 Å². The Balaban J connectivity index is 1.64. The molecule has 33 heavy (non-hydrogen) atoms. The van der Waals surface area contributed by atoms with E-state index in [2.05, 4.69) is 23.6 Å². The molecule has 0 radical (unpaired) electrons. The summed E-state index contributed by atoms with van der Waals surface area (Å²) in [6, 6.07) is 9.74. The van der Waals surface area contributed by atoms with E-state index in [1.807, 2.05) is 30.3 Å². The number of nitrogens with zero attached hydrogens (tertiary/aromatic N) is 1. The Morgan fingerprint density at radius 2 is 1.91 bits per heavy atom. The number of carbonyl (C=O) groups is 2. The largest absolute Gasteiger partial charge is 0.490 e. The maximum absolute atomic E-state index is 12.9. The van der Waals surface area contributed by atoms with Gasteiger partial charge in [0, 0.05) is 31.7 Å². The van der Waals surface area contributed by atoms with Gasteiger partial charge in [-0.3, -0.25) is 9.69 Å². The highest BCUT2D eigenvalue weighted by Gasteiger charge is 2.47. The molecule has 2 fully saturated rings. The van der Waals surface area contributed by atoms with Gasteiger partial charge in [0.1, 0.15) is 6.10 Å². The highest BCUT2D eigenvalue weighted by Crippen LogP contribution is 2.40. The summed E-state index contributed by atoms with van der Waals surface area (Å²) in [6.45, 7) is 5.04. The molecule has 0 bridgehead atoms. The molecule has 9 heteroatoms. The number of amides is 1. The van der Waals surface area contributed by atoms with Gasteiger partial charge >= 0.3 is 12.1 Å². The summed E-state index contributed by atoms with van der Waals surface area (Å²) in [4.78, 5) is 25.2. The highest BCUT2D eigenvalue weighted by atomic mass is 19.4. The van der Waals surface area contributed by atoms with Crippen LogP contribution in [-0.4, -0.2) is 67.3 Å². The number of nitrogens with one attached hydrogen (secondary N) is 2. The van der Waals surface area contributed by atoms with Crippen LogP contribution >= 0.6 is 0 Å². The number of hydrogen-bond acceptors (Lipinski definition) is 5. The summed E-state index contributed by atoms with van der Waals surface area (Å²) in [5.74, 6) is -2.09. The van der Waals surface area contributed by atoms with Crippen molar-refractivity contribution in [2.24, 2.45) is 5.92 Å². The summed E-state index contributed by atoms with van der Waals surface area (Å²) in [5.41, 5.74) is 2.41. The molecule has 1 amide bonds. The van der Waals surface area contributed by atoms with Crippen LogP contribution in [0.25, 0.3) is 6.08 Å². The number of rotatable bonds is 9. The fraction of sp³-hybridized carbons (Fsp3) is 0.583. The average Bonchev–Trinajstić information content (AvgIpc) is 3.53. The van der Waals surface area contributed by atoms with Gasteiger partial charge in [-0.25, -0.2) is 4.79 Å². The second-order valence-electron chi connectivity index (χ2n) is 8.62. The minimum Gasteiger partial charge on any atom is -0.453 e. The first-order valence-electron chi connectivity index (χ1n) is 11.5. The van der Waals surface area contributed by atoms with Crippen LogP contribution in [-0.2, 0) is 14.3 Å². The van der Waals surface area contributed by atoms with Crippen LogP contribution in [0.1, 0.15) is 38.7 Å². The van der Waals surface area contributed by atoms with Crippen LogP contribution in [0.4, 0.5) is 13.2 Å². The summed E-state index contributed by atoms with van der Waals surface area (Å²) in [5, 5.41) is 6.12. The van der Waals surface area contributed by atoms with Gasteiger partial charge in [-0.2, -0.15) is 13.2 Å². The Bertz CT molecular complexity index is 844. The molecule has 1 aliphatic heterocycles. The highest BCUT2D eigenvalue weighted by molar-refractivity contribution is 5.78. The smallest absolute Gasteiger partial charge is 0.453 e. The van der Waals surface area contributed by atoms with Crippen molar-refractivity contribution < 1.29 is 27.5 Å². The van der Waals surface area contributed by atoms with Crippen LogP contribution in [0.15, 0.2) is 35.9 Å². The van der Waals surface area contributed by atoms with Crippen molar-refractivity contribution in [3.63, 3.8) is 0 Å². The normalized spacial score (nSPS) is 26.0. The van der Waals surface area contributed by atoms with Crippen molar-refractivity contribution in [1.29, 1.82) is 0 Å². The fourth-order valence-corrected chi connectivity index (χ4v) is 4.39. The van der Waals surface area contributed by atoms with Crippen molar-refractivity contribution >= 4 is 18.0 Å². The molecule has 2 unspecified atom stereocenters. The topological polar surface area (TPSA) is 70.7 Å². The molecule has 1 saturated carbocycles. The van der Waals surface area contributed by atoms with Gasteiger partial charge in [0.05, 0.1) is 6.54 Å². The number of likely N-dealkylation sites (tertiary alicyclic amines) is 1. The minimum atomic E-state index is -5.05. The maximum Gasteiger partial charge on any atom is 0.490 e.